The Morgan fingerprint density at radius 2 is 1.56 bits per heavy atom. The fourth-order valence-corrected chi connectivity index (χ4v) is 3.47. The Kier molecular flexibility index (Phi) is 8.24. The van der Waals surface area contributed by atoms with Gasteiger partial charge in [0.25, 0.3) is 0 Å². The van der Waals surface area contributed by atoms with E-state index in [4.69, 9.17) is 5.11 Å². The number of benzene rings is 1. The van der Waals surface area contributed by atoms with E-state index in [1.165, 1.54) is 13.0 Å². The monoisotopic (exact) mass is 486 g/mol. The quantitative estimate of drug-likeness (QED) is 0.399. The van der Waals surface area contributed by atoms with E-state index < -0.39 is 53.8 Å². The average Bonchev–Trinajstić information content (AvgIpc) is 2.72. The number of halogens is 3. The van der Waals surface area contributed by atoms with Gasteiger partial charge in [0.1, 0.15) is 12.1 Å². The molecule has 186 valence electrons. The van der Waals surface area contributed by atoms with Gasteiger partial charge in [-0.25, -0.2) is 4.79 Å². The smallest absolute Gasteiger partial charge is 0.465 e. The van der Waals surface area contributed by atoms with Crippen LogP contribution in [-0.4, -0.2) is 53.0 Å². The van der Waals surface area contributed by atoms with Gasteiger partial charge in [0.2, 0.25) is 11.8 Å². The zero-order valence-electron chi connectivity index (χ0n) is 18.6. The van der Waals surface area contributed by atoms with E-state index in [1.54, 1.807) is 19.2 Å². The standard InChI is InChI=1S/C21H25F3N4O6/c1-9(2)16(28-20(33)34)18(31)25-10(3)17(30)26-12-7-8-13(27-19(32)21(22,23)24)15-11(12)5-4-6-14(15)29/h7-10,16,28H,4-6H2,1-3H3,(H,25,31)(H,26,30)(H,27,32)(H,33,34). The van der Waals surface area contributed by atoms with Gasteiger partial charge in [0.05, 0.1) is 5.69 Å². The molecule has 1 aliphatic carbocycles. The lowest BCUT2D eigenvalue weighted by molar-refractivity contribution is -0.167. The van der Waals surface area contributed by atoms with Crippen LogP contribution in [-0.2, 0) is 20.8 Å². The first kappa shape index (κ1) is 26.6. The Morgan fingerprint density at radius 1 is 0.941 bits per heavy atom. The number of hydrogen-bond acceptors (Lipinski definition) is 5. The number of alkyl halides is 3. The Labute approximate surface area is 192 Å². The number of anilines is 2. The average molecular weight is 486 g/mol. The van der Waals surface area contributed by atoms with E-state index in [2.05, 4.69) is 16.0 Å². The fourth-order valence-electron chi connectivity index (χ4n) is 3.47. The topological polar surface area (TPSA) is 154 Å². The normalized spacial score (nSPS) is 15.1. The molecule has 0 aromatic heterocycles. The SMILES string of the molecule is CC(NC(=O)C(NC(=O)O)C(C)C)C(=O)Nc1ccc(NC(=O)C(F)(F)F)c2c1CCCC2=O. The molecule has 1 aromatic carbocycles. The lowest BCUT2D eigenvalue weighted by Gasteiger charge is -2.24. The van der Waals surface area contributed by atoms with Gasteiger partial charge in [0.15, 0.2) is 5.78 Å². The van der Waals surface area contributed by atoms with Gasteiger partial charge < -0.3 is 26.4 Å². The number of carbonyl (C=O) groups is 5. The Balaban J connectivity index is 2.23. The summed E-state index contributed by atoms with van der Waals surface area (Å²) in [5.74, 6) is -4.52. The Hall–Kier alpha value is -3.64. The van der Waals surface area contributed by atoms with Gasteiger partial charge in [-0.05, 0) is 43.4 Å². The van der Waals surface area contributed by atoms with Crippen LogP contribution in [0, 0.1) is 5.92 Å². The number of fused-ring (bicyclic) bond motifs is 1. The first-order valence-electron chi connectivity index (χ1n) is 10.4. The molecule has 13 heteroatoms. The van der Waals surface area contributed by atoms with Crippen molar-refractivity contribution >= 4 is 41.0 Å². The van der Waals surface area contributed by atoms with Gasteiger partial charge in [-0.15, -0.1) is 0 Å². The molecule has 0 spiro atoms. The van der Waals surface area contributed by atoms with E-state index in [0.717, 1.165) is 6.07 Å². The molecule has 1 aliphatic rings. The summed E-state index contributed by atoms with van der Waals surface area (Å²) in [6.45, 7) is 4.60. The van der Waals surface area contributed by atoms with Crippen LogP contribution in [0.1, 0.15) is 49.5 Å². The molecule has 10 nitrogen and oxygen atoms in total. The number of nitrogens with one attached hydrogen (secondary N) is 4. The number of Topliss-reactive ketones (excluding diaryl/α,β-unsaturated/α-hetero) is 1. The molecule has 2 atom stereocenters. The molecule has 0 saturated carbocycles. The molecule has 4 amide bonds. The summed E-state index contributed by atoms with van der Waals surface area (Å²) in [5, 5.41) is 17.6. The summed E-state index contributed by atoms with van der Waals surface area (Å²) in [6.07, 6.45) is -5.81. The summed E-state index contributed by atoms with van der Waals surface area (Å²) in [5.41, 5.74) is 0.0173. The largest absolute Gasteiger partial charge is 0.471 e. The maximum atomic E-state index is 12.7. The van der Waals surface area contributed by atoms with Gasteiger partial charge in [-0.2, -0.15) is 13.2 Å². The maximum absolute atomic E-state index is 12.7. The molecule has 5 N–H and O–H groups in total. The van der Waals surface area contributed by atoms with Crippen molar-refractivity contribution in [2.75, 3.05) is 10.6 Å². The van der Waals surface area contributed by atoms with Crippen LogP contribution in [0.3, 0.4) is 0 Å². The Bertz CT molecular complexity index is 1010. The third-order valence-corrected chi connectivity index (χ3v) is 5.17. The van der Waals surface area contributed by atoms with Crippen LogP contribution in [0.25, 0.3) is 0 Å². The van der Waals surface area contributed by atoms with Gasteiger partial charge in [-0.3, -0.25) is 19.2 Å². The summed E-state index contributed by atoms with van der Waals surface area (Å²) in [6, 6.07) is 0.146. The molecule has 1 aromatic rings. The zero-order valence-corrected chi connectivity index (χ0v) is 18.6. The van der Waals surface area contributed by atoms with Crippen LogP contribution in [0.2, 0.25) is 0 Å². The second-order valence-corrected chi connectivity index (χ2v) is 8.13. The van der Waals surface area contributed by atoms with E-state index >= 15 is 0 Å². The van der Waals surface area contributed by atoms with Crippen molar-refractivity contribution in [1.29, 1.82) is 0 Å². The van der Waals surface area contributed by atoms with E-state index in [9.17, 15) is 37.1 Å². The zero-order chi connectivity index (χ0) is 25.8. The molecule has 0 radical (unpaired) electrons. The minimum atomic E-state index is -5.14. The predicted octanol–water partition coefficient (Wildman–Crippen LogP) is 2.44. The highest BCUT2D eigenvalue weighted by molar-refractivity contribution is 6.09. The van der Waals surface area contributed by atoms with Crippen molar-refractivity contribution in [1.82, 2.24) is 10.6 Å². The van der Waals surface area contributed by atoms with Gasteiger partial charge in [0, 0.05) is 17.7 Å². The second kappa shape index (κ2) is 10.5. The number of ketones is 1. The van der Waals surface area contributed by atoms with E-state index in [0.29, 0.717) is 6.42 Å². The third kappa shape index (κ3) is 6.45. The first-order chi connectivity index (χ1) is 15.7. The van der Waals surface area contributed by atoms with E-state index in [1.807, 2.05) is 0 Å². The number of carbonyl (C=O) groups excluding carboxylic acids is 4. The van der Waals surface area contributed by atoms with Gasteiger partial charge in [-0.1, -0.05) is 13.8 Å². The van der Waals surface area contributed by atoms with Crippen molar-refractivity contribution < 1.29 is 42.3 Å². The number of rotatable bonds is 7. The first-order valence-corrected chi connectivity index (χ1v) is 10.4. The second-order valence-electron chi connectivity index (χ2n) is 8.13. The summed E-state index contributed by atoms with van der Waals surface area (Å²) in [7, 11) is 0. The minimum Gasteiger partial charge on any atom is -0.465 e. The molecule has 0 saturated heterocycles. The van der Waals surface area contributed by atoms with Crippen LogP contribution in [0.5, 0.6) is 0 Å². The van der Waals surface area contributed by atoms with Crippen molar-refractivity contribution in [2.24, 2.45) is 5.92 Å². The highest BCUT2D eigenvalue weighted by atomic mass is 19.4. The molecule has 2 rings (SSSR count). The lowest BCUT2D eigenvalue weighted by atomic mass is 9.88. The van der Waals surface area contributed by atoms with Crippen LogP contribution in [0.15, 0.2) is 12.1 Å². The van der Waals surface area contributed by atoms with Crippen LogP contribution < -0.4 is 21.3 Å². The van der Waals surface area contributed by atoms with Crippen molar-refractivity contribution in [3.05, 3.63) is 23.3 Å². The molecule has 34 heavy (non-hydrogen) atoms. The summed E-state index contributed by atoms with van der Waals surface area (Å²) < 4.78 is 38.0. The molecule has 0 bridgehead atoms. The van der Waals surface area contributed by atoms with Crippen molar-refractivity contribution in [3.63, 3.8) is 0 Å². The number of carboxylic acid groups (broad SMARTS) is 1. The predicted molar refractivity (Wildman–Crippen MR) is 114 cm³/mol. The summed E-state index contributed by atoms with van der Waals surface area (Å²) >= 11 is 0. The van der Waals surface area contributed by atoms with Crippen molar-refractivity contribution in [2.45, 2.75) is 58.3 Å². The molecule has 0 heterocycles. The third-order valence-electron chi connectivity index (χ3n) is 5.17. The lowest BCUT2D eigenvalue weighted by Crippen LogP contribution is -2.53. The highest BCUT2D eigenvalue weighted by Crippen LogP contribution is 2.34. The molecule has 2 unspecified atom stereocenters. The molecular weight excluding hydrogens is 461 g/mol. The fraction of sp³-hybridized carbons (Fsp3) is 0.476. The molecule has 0 aliphatic heterocycles. The molecular formula is C21H25F3N4O6. The number of hydrogen-bond donors (Lipinski definition) is 5. The summed E-state index contributed by atoms with van der Waals surface area (Å²) in [4.78, 5) is 59.7. The number of amides is 4. The maximum Gasteiger partial charge on any atom is 0.471 e. The van der Waals surface area contributed by atoms with Gasteiger partial charge >= 0.3 is 18.2 Å². The highest BCUT2D eigenvalue weighted by Gasteiger charge is 2.39. The minimum absolute atomic E-state index is 0.0684. The van der Waals surface area contributed by atoms with E-state index in [-0.39, 0.29) is 35.3 Å². The van der Waals surface area contributed by atoms with Crippen LogP contribution >= 0.6 is 0 Å². The molecule has 0 fully saturated rings. The van der Waals surface area contributed by atoms with Crippen LogP contribution in [0.4, 0.5) is 29.3 Å². The Morgan fingerprint density at radius 3 is 2.12 bits per heavy atom. The van der Waals surface area contributed by atoms with Crippen molar-refractivity contribution in [3.8, 4) is 0 Å².